The highest BCUT2D eigenvalue weighted by Crippen LogP contribution is 2.37. The average Bonchev–Trinajstić information content (AvgIpc) is 2.82. The summed E-state index contributed by atoms with van der Waals surface area (Å²) in [6.07, 6.45) is 12.7. The Hall–Kier alpha value is -1.17. The molecule has 0 spiro atoms. The van der Waals surface area contributed by atoms with Crippen LogP contribution in [0.4, 0.5) is 0 Å². The molecule has 26 heavy (non-hydrogen) atoms. The van der Waals surface area contributed by atoms with E-state index in [1.807, 2.05) is 18.2 Å². The molecule has 0 saturated heterocycles. The van der Waals surface area contributed by atoms with E-state index in [0.29, 0.717) is 32.1 Å². The van der Waals surface area contributed by atoms with Gasteiger partial charge in [-0.25, -0.2) is 0 Å². The van der Waals surface area contributed by atoms with E-state index in [0.717, 1.165) is 19.3 Å². The summed E-state index contributed by atoms with van der Waals surface area (Å²) in [6, 6.07) is 0. The lowest BCUT2D eigenvalue weighted by Crippen LogP contribution is -2.24. The number of allylic oxidation sites excluding steroid dienone is 2. The van der Waals surface area contributed by atoms with Crippen molar-refractivity contribution in [3.63, 3.8) is 0 Å². The lowest BCUT2D eigenvalue weighted by atomic mass is 9.88. The lowest BCUT2D eigenvalue weighted by Gasteiger charge is -2.23. The zero-order valence-corrected chi connectivity index (χ0v) is 16.2. The number of unbranched alkanes of at least 4 members (excludes halogenated alkanes) is 3. The third kappa shape index (κ3) is 8.47. The number of aliphatic hydroxyl groups is 3. The molecule has 1 rings (SSSR count). The van der Waals surface area contributed by atoms with Crippen molar-refractivity contribution in [2.45, 2.75) is 89.4 Å². The molecule has 0 amide bonds. The number of hydrogen-bond donors (Lipinski definition) is 4. The zero-order chi connectivity index (χ0) is 19.6. The van der Waals surface area contributed by atoms with Crippen LogP contribution in [0.2, 0.25) is 0 Å². The summed E-state index contributed by atoms with van der Waals surface area (Å²) in [5.74, 6) is -1.04. The summed E-state index contributed by atoms with van der Waals surface area (Å²) < 4.78 is 0. The van der Waals surface area contributed by atoms with Crippen molar-refractivity contribution in [2.75, 3.05) is 0 Å². The predicted molar refractivity (Wildman–Crippen MR) is 103 cm³/mol. The van der Waals surface area contributed by atoms with Gasteiger partial charge in [0, 0.05) is 18.8 Å². The third-order valence-electron chi connectivity index (χ3n) is 5.22. The summed E-state index contributed by atoms with van der Waals surface area (Å²) in [7, 11) is 0. The molecule has 0 aromatic carbocycles. The SMILES string of the molecule is CCCCC[C@@](C)(O)/C=C/[C@@H]1[C@@H](C/C=C\CCCC(=O)O)[C@@H](O)C[C@H]1O. The molecule has 1 aliphatic carbocycles. The van der Waals surface area contributed by atoms with E-state index < -0.39 is 23.8 Å². The van der Waals surface area contributed by atoms with E-state index in [9.17, 15) is 20.1 Å². The fraction of sp³-hybridized carbons (Fsp3) is 0.762. The van der Waals surface area contributed by atoms with Gasteiger partial charge in [-0.05, 0) is 38.5 Å². The Bertz CT molecular complexity index is 469. The smallest absolute Gasteiger partial charge is 0.303 e. The van der Waals surface area contributed by atoms with Crippen LogP contribution in [0.15, 0.2) is 24.3 Å². The number of carbonyl (C=O) groups is 1. The lowest BCUT2D eigenvalue weighted by molar-refractivity contribution is -0.137. The van der Waals surface area contributed by atoms with Crippen LogP contribution in [0, 0.1) is 11.8 Å². The Labute approximate surface area is 157 Å². The molecule has 1 aliphatic rings. The first-order valence-electron chi connectivity index (χ1n) is 9.91. The Morgan fingerprint density at radius 1 is 1.15 bits per heavy atom. The van der Waals surface area contributed by atoms with Gasteiger partial charge in [-0.15, -0.1) is 0 Å². The van der Waals surface area contributed by atoms with Gasteiger partial charge in [-0.2, -0.15) is 0 Å². The van der Waals surface area contributed by atoms with E-state index in [1.54, 1.807) is 13.0 Å². The first kappa shape index (κ1) is 22.9. The van der Waals surface area contributed by atoms with Crippen molar-refractivity contribution < 1.29 is 25.2 Å². The van der Waals surface area contributed by atoms with E-state index in [1.165, 1.54) is 0 Å². The molecule has 0 radical (unpaired) electrons. The summed E-state index contributed by atoms with van der Waals surface area (Å²) in [5, 5.41) is 39.6. The molecular formula is C21H36O5. The van der Waals surface area contributed by atoms with Crippen molar-refractivity contribution in [3.8, 4) is 0 Å². The molecule has 150 valence electrons. The van der Waals surface area contributed by atoms with Crippen LogP contribution in [-0.2, 0) is 4.79 Å². The summed E-state index contributed by atoms with van der Waals surface area (Å²) in [6.45, 7) is 3.91. The minimum absolute atomic E-state index is 0.0802. The molecule has 0 bridgehead atoms. The average molecular weight is 369 g/mol. The monoisotopic (exact) mass is 368 g/mol. The number of aliphatic carboxylic acids is 1. The standard InChI is InChI=1S/C21H36O5/c1-3-4-9-13-21(2,26)14-12-17-16(18(22)15-19(17)23)10-7-5-6-8-11-20(24)25/h5,7,12,14,16-19,22-23,26H,3-4,6,8-11,13,15H2,1-2H3,(H,24,25)/b7-5-,14-12+/t16-,17-,18+,19-,21-/m1/s1. The van der Waals surface area contributed by atoms with Crippen LogP contribution in [0.25, 0.3) is 0 Å². The number of rotatable bonds is 12. The molecule has 5 heteroatoms. The molecule has 0 unspecified atom stereocenters. The fourth-order valence-corrected chi connectivity index (χ4v) is 3.58. The maximum Gasteiger partial charge on any atom is 0.303 e. The van der Waals surface area contributed by atoms with Gasteiger partial charge in [0.15, 0.2) is 0 Å². The van der Waals surface area contributed by atoms with Gasteiger partial charge in [-0.3, -0.25) is 4.79 Å². The van der Waals surface area contributed by atoms with E-state index in [4.69, 9.17) is 5.11 Å². The fourth-order valence-electron chi connectivity index (χ4n) is 3.58. The molecule has 1 fully saturated rings. The Kier molecular flexibility index (Phi) is 10.1. The van der Waals surface area contributed by atoms with Crippen molar-refractivity contribution in [1.29, 1.82) is 0 Å². The van der Waals surface area contributed by atoms with Crippen molar-refractivity contribution in [3.05, 3.63) is 24.3 Å². The highest BCUT2D eigenvalue weighted by molar-refractivity contribution is 5.66. The first-order valence-corrected chi connectivity index (χ1v) is 9.91. The van der Waals surface area contributed by atoms with Crippen molar-refractivity contribution in [2.24, 2.45) is 11.8 Å². The molecule has 0 aromatic heterocycles. The summed E-state index contributed by atoms with van der Waals surface area (Å²) >= 11 is 0. The van der Waals surface area contributed by atoms with E-state index in [-0.39, 0.29) is 18.3 Å². The normalized spacial score (nSPS) is 28.8. The number of carboxylic acids is 1. The largest absolute Gasteiger partial charge is 0.481 e. The molecule has 0 aliphatic heterocycles. The predicted octanol–water partition coefficient (Wildman–Crippen LogP) is 3.43. The van der Waals surface area contributed by atoms with E-state index in [2.05, 4.69) is 6.92 Å². The van der Waals surface area contributed by atoms with Crippen LogP contribution in [0.1, 0.15) is 71.6 Å². The Morgan fingerprint density at radius 3 is 2.54 bits per heavy atom. The van der Waals surface area contributed by atoms with Gasteiger partial charge in [0.25, 0.3) is 0 Å². The van der Waals surface area contributed by atoms with Gasteiger partial charge in [0.05, 0.1) is 17.8 Å². The second-order valence-corrected chi connectivity index (χ2v) is 7.78. The van der Waals surface area contributed by atoms with Gasteiger partial charge in [0.2, 0.25) is 0 Å². The summed E-state index contributed by atoms with van der Waals surface area (Å²) in [5.41, 5.74) is -0.889. The van der Waals surface area contributed by atoms with Gasteiger partial charge in [-0.1, -0.05) is 50.5 Å². The first-order chi connectivity index (χ1) is 12.3. The van der Waals surface area contributed by atoms with Crippen LogP contribution in [0.3, 0.4) is 0 Å². The molecule has 5 nitrogen and oxygen atoms in total. The Balaban J connectivity index is 2.56. The maximum absolute atomic E-state index is 10.5. The summed E-state index contributed by atoms with van der Waals surface area (Å²) in [4.78, 5) is 10.5. The van der Waals surface area contributed by atoms with Crippen molar-refractivity contribution in [1.82, 2.24) is 0 Å². The van der Waals surface area contributed by atoms with Crippen LogP contribution >= 0.6 is 0 Å². The molecule has 0 heterocycles. The van der Waals surface area contributed by atoms with E-state index >= 15 is 0 Å². The second kappa shape index (κ2) is 11.5. The highest BCUT2D eigenvalue weighted by Gasteiger charge is 2.39. The minimum atomic E-state index is -0.889. The van der Waals surface area contributed by atoms with Crippen molar-refractivity contribution >= 4 is 5.97 Å². The van der Waals surface area contributed by atoms with Crippen LogP contribution in [-0.4, -0.2) is 44.2 Å². The Morgan fingerprint density at radius 2 is 1.88 bits per heavy atom. The van der Waals surface area contributed by atoms with Crippen LogP contribution in [0.5, 0.6) is 0 Å². The molecule has 4 N–H and O–H groups in total. The maximum atomic E-state index is 10.5. The molecular weight excluding hydrogens is 332 g/mol. The molecule has 0 aromatic rings. The zero-order valence-electron chi connectivity index (χ0n) is 16.2. The van der Waals surface area contributed by atoms with Crippen LogP contribution < -0.4 is 0 Å². The topological polar surface area (TPSA) is 98.0 Å². The van der Waals surface area contributed by atoms with Gasteiger partial charge >= 0.3 is 5.97 Å². The third-order valence-corrected chi connectivity index (χ3v) is 5.22. The molecule has 5 atom stereocenters. The molecule has 1 saturated carbocycles. The highest BCUT2D eigenvalue weighted by atomic mass is 16.4. The minimum Gasteiger partial charge on any atom is -0.481 e. The van der Waals surface area contributed by atoms with Gasteiger partial charge in [0.1, 0.15) is 0 Å². The number of carboxylic acid groups (broad SMARTS) is 1. The number of hydrogen-bond acceptors (Lipinski definition) is 4. The quantitative estimate of drug-likeness (QED) is 0.312. The number of aliphatic hydroxyl groups excluding tert-OH is 2. The second-order valence-electron chi connectivity index (χ2n) is 7.78. The van der Waals surface area contributed by atoms with Gasteiger partial charge < -0.3 is 20.4 Å².